The Hall–Kier alpha value is -3.95. The number of aliphatic hydroxyl groups is 1. The van der Waals surface area contributed by atoms with Gasteiger partial charge in [-0.25, -0.2) is 0 Å². The van der Waals surface area contributed by atoms with Crippen molar-refractivity contribution < 1.29 is 14.7 Å². The number of anilines is 2. The van der Waals surface area contributed by atoms with Crippen LogP contribution in [0.2, 0.25) is 0 Å². The average molecular weight is 557 g/mol. The topological polar surface area (TPSA) is 86.6 Å². The van der Waals surface area contributed by atoms with Gasteiger partial charge in [0.15, 0.2) is 4.34 Å². The van der Waals surface area contributed by atoms with Crippen molar-refractivity contribution in [3.8, 4) is 0 Å². The first-order valence-corrected chi connectivity index (χ1v) is 14.2. The molecule has 1 unspecified atom stereocenters. The van der Waals surface area contributed by atoms with E-state index in [0.29, 0.717) is 26.4 Å². The molecule has 7 nitrogen and oxygen atoms in total. The molecule has 1 aliphatic heterocycles. The van der Waals surface area contributed by atoms with Crippen molar-refractivity contribution in [1.29, 1.82) is 0 Å². The molecule has 1 saturated heterocycles. The lowest BCUT2D eigenvalue weighted by Gasteiger charge is -2.23. The highest BCUT2D eigenvalue weighted by Gasteiger charge is 2.48. The first-order valence-electron chi connectivity index (χ1n) is 12.4. The van der Waals surface area contributed by atoms with Crippen molar-refractivity contribution in [3.05, 3.63) is 106 Å². The summed E-state index contributed by atoms with van der Waals surface area (Å²) >= 11 is 2.78. The fourth-order valence-electron chi connectivity index (χ4n) is 4.51. The fourth-order valence-corrected chi connectivity index (χ4v) is 6.34. The summed E-state index contributed by atoms with van der Waals surface area (Å²) in [5.41, 5.74) is 5.13. The lowest BCUT2D eigenvalue weighted by Crippen LogP contribution is -2.29. The van der Waals surface area contributed by atoms with Gasteiger partial charge < -0.3 is 10.0 Å². The van der Waals surface area contributed by atoms with Crippen LogP contribution in [0, 0.1) is 13.8 Å². The molecule has 2 heterocycles. The zero-order valence-corrected chi connectivity index (χ0v) is 23.7. The van der Waals surface area contributed by atoms with E-state index in [-0.39, 0.29) is 11.3 Å². The van der Waals surface area contributed by atoms with E-state index in [1.165, 1.54) is 28.0 Å². The lowest BCUT2D eigenvalue weighted by atomic mass is 9.93. The van der Waals surface area contributed by atoms with Gasteiger partial charge in [0, 0.05) is 31.1 Å². The van der Waals surface area contributed by atoms with Crippen LogP contribution in [0.15, 0.2) is 82.7 Å². The molecule has 198 valence electrons. The van der Waals surface area contributed by atoms with Crippen LogP contribution in [-0.4, -0.2) is 41.1 Å². The third-order valence-corrected chi connectivity index (χ3v) is 8.75. The number of hydrogen-bond acceptors (Lipinski definition) is 8. The van der Waals surface area contributed by atoms with Gasteiger partial charge in [-0.05, 0) is 48.7 Å². The van der Waals surface area contributed by atoms with Crippen molar-refractivity contribution in [2.24, 2.45) is 0 Å². The van der Waals surface area contributed by atoms with Crippen molar-refractivity contribution in [3.63, 3.8) is 0 Å². The smallest absolute Gasteiger partial charge is 0.301 e. The molecule has 1 fully saturated rings. The number of aryl methyl sites for hydroxylation is 2. The summed E-state index contributed by atoms with van der Waals surface area (Å²) in [4.78, 5) is 30.4. The second-order valence-corrected chi connectivity index (χ2v) is 11.8. The Balaban J connectivity index is 1.58. The Morgan fingerprint density at radius 2 is 1.72 bits per heavy atom. The fraction of sp³-hybridized carbons (Fsp3) is 0.200. The first kappa shape index (κ1) is 26.6. The summed E-state index contributed by atoms with van der Waals surface area (Å²) in [5.74, 6) is -0.971. The number of aliphatic hydroxyl groups excluding tert-OH is 1. The second kappa shape index (κ2) is 11.0. The van der Waals surface area contributed by atoms with E-state index in [0.717, 1.165) is 22.4 Å². The number of carbonyl (C=O) groups excluding carboxylic acids is 2. The summed E-state index contributed by atoms with van der Waals surface area (Å²) in [6.07, 6.45) is 0. The van der Waals surface area contributed by atoms with E-state index < -0.39 is 17.7 Å². The highest BCUT2D eigenvalue weighted by molar-refractivity contribution is 8.00. The zero-order chi connectivity index (χ0) is 27.7. The predicted molar refractivity (Wildman–Crippen MR) is 157 cm³/mol. The van der Waals surface area contributed by atoms with Gasteiger partial charge in [-0.3, -0.25) is 14.5 Å². The third-order valence-electron chi connectivity index (χ3n) is 6.62. The molecule has 39 heavy (non-hydrogen) atoms. The van der Waals surface area contributed by atoms with Gasteiger partial charge in [-0.15, -0.1) is 10.2 Å². The highest BCUT2D eigenvalue weighted by Crippen LogP contribution is 2.44. The van der Waals surface area contributed by atoms with Crippen LogP contribution in [0.5, 0.6) is 0 Å². The number of nitrogens with zero attached hydrogens (tertiary/aromatic N) is 4. The predicted octanol–water partition coefficient (Wildman–Crippen LogP) is 6.14. The van der Waals surface area contributed by atoms with E-state index in [4.69, 9.17) is 0 Å². The van der Waals surface area contributed by atoms with Crippen LogP contribution in [-0.2, 0) is 15.3 Å². The van der Waals surface area contributed by atoms with Gasteiger partial charge in [0.2, 0.25) is 5.13 Å². The zero-order valence-electron chi connectivity index (χ0n) is 22.1. The average Bonchev–Trinajstić information content (AvgIpc) is 3.51. The maximum atomic E-state index is 13.5. The minimum Gasteiger partial charge on any atom is -0.507 e. The quantitative estimate of drug-likeness (QED) is 0.0962. The standard InChI is InChI=1S/C30H28N4O3S2/c1-18-10-11-19(2)23(16-18)26(35)24-25(21-12-14-22(15-13-21)33(3)4)34(28(37)27(24)36)29-31-32-30(39-29)38-17-20-8-6-5-7-9-20/h5-16,25,35H,17H2,1-4H3/b26-24+. The van der Waals surface area contributed by atoms with Crippen LogP contribution >= 0.6 is 23.1 Å². The van der Waals surface area contributed by atoms with Gasteiger partial charge >= 0.3 is 5.91 Å². The molecule has 1 aromatic heterocycles. The minimum atomic E-state index is -0.846. The van der Waals surface area contributed by atoms with Crippen molar-refractivity contribution in [2.45, 2.75) is 30.0 Å². The maximum Gasteiger partial charge on any atom is 0.301 e. The van der Waals surface area contributed by atoms with E-state index >= 15 is 0 Å². The van der Waals surface area contributed by atoms with Crippen LogP contribution in [0.4, 0.5) is 10.8 Å². The second-order valence-electron chi connectivity index (χ2n) is 9.60. The number of ketones is 1. The van der Waals surface area contributed by atoms with Crippen LogP contribution in [0.1, 0.15) is 33.9 Å². The van der Waals surface area contributed by atoms with Gasteiger partial charge in [0.1, 0.15) is 5.76 Å². The largest absolute Gasteiger partial charge is 0.507 e. The number of amides is 1. The van der Waals surface area contributed by atoms with Crippen molar-refractivity contribution in [1.82, 2.24) is 10.2 Å². The first-order chi connectivity index (χ1) is 18.7. The molecule has 0 spiro atoms. The molecule has 0 bridgehead atoms. The van der Waals surface area contributed by atoms with Gasteiger partial charge in [0.05, 0.1) is 11.6 Å². The number of aromatic nitrogens is 2. The molecule has 0 saturated carbocycles. The Labute approximate surface area is 235 Å². The third kappa shape index (κ3) is 5.32. The molecule has 4 aromatic rings. The Kier molecular flexibility index (Phi) is 7.54. The van der Waals surface area contributed by atoms with Crippen LogP contribution < -0.4 is 9.80 Å². The van der Waals surface area contributed by atoms with Crippen LogP contribution in [0.3, 0.4) is 0 Å². The summed E-state index contributed by atoms with van der Waals surface area (Å²) in [6.45, 7) is 3.79. The molecule has 1 atom stereocenters. The normalized spacial score (nSPS) is 16.6. The Bertz CT molecular complexity index is 1560. The molecule has 0 aliphatic carbocycles. The monoisotopic (exact) mass is 556 g/mol. The van der Waals surface area contributed by atoms with Crippen molar-refractivity contribution >= 4 is 51.4 Å². The molecule has 9 heteroatoms. The number of Topliss-reactive ketones (excluding diaryl/α,β-unsaturated/α-hetero) is 1. The van der Waals surface area contributed by atoms with Gasteiger partial charge in [-0.1, -0.05) is 83.3 Å². The molecule has 1 amide bonds. The summed E-state index contributed by atoms with van der Waals surface area (Å²) in [7, 11) is 3.88. The molecule has 1 N–H and O–H groups in total. The summed E-state index contributed by atoms with van der Waals surface area (Å²) in [6, 6.07) is 22.4. The molecule has 0 radical (unpaired) electrons. The van der Waals surface area contributed by atoms with E-state index in [1.807, 2.05) is 106 Å². The SMILES string of the molecule is Cc1ccc(C)c(/C(O)=C2\C(=O)C(=O)N(c3nnc(SCc4ccccc4)s3)C2c2ccc(N(C)C)cc2)c1. The van der Waals surface area contributed by atoms with Crippen molar-refractivity contribution in [2.75, 3.05) is 23.9 Å². The molecular formula is C30H28N4O3S2. The minimum absolute atomic E-state index is 0.0417. The van der Waals surface area contributed by atoms with Crippen LogP contribution in [0.25, 0.3) is 5.76 Å². The maximum absolute atomic E-state index is 13.5. The van der Waals surface area contributed by atoms with E-state index in [1.54, 1.807) is 0 Å². The van der Waals surface area contributed by atoms with E-state index in [9.17, 15) is 14.7 Å². The van der Waals surface area contributed by atoms with E-state index in [2.05, 4.69) is 10.2 Å². The molecule has 5 rings (SSSR count). The number of hydrogen-bond donors (Lipinski definition) is 1. The molecule has 3 aromatic carbocycles. The number of benzene rings is 3. The summed E-state index contributed by atoms with van der Waals surface area (Å²) in [5, 5.41) is 20.4. The van der Waals surface area contributed by atoms with Gasteiger partial charge in [-0.2, -0.15) is 0 Å². The Morgan fingerprint density at radius 3 is 2.41 bits per heavy atom. The molecule has 1 aliphatic rings. The molecular weight excluding hydrogens is 528 g/mol. The van der Waals surface area contributed by atoms with Gasteiger partial charge in [0.25, 0.3) is 5.78 Å². The lowest BCUT2D eigenvalue weighted by molar-refractivity contribution is -0.132. The highest BCUT2D eigenvalue weighted by atomic mass is 32.2. The number of thioether (sulfide) groups is 1. The number of carbonyl (C=O) groups is 2. The number of rotatable bonds is 7. The summed E-state index contributed by atoms with van der Waals surface area (Å²) < 4.78 is 0.687. The Morgan fingerprint density at radius 1 is 1.00 bits per heavy atom.